The molecule has 0 saturated heterocycles. The van der Waals surface area contributed by atoms with Gasteiger partial charge in [-0.25, -0.2) is 0 Å². The number of halogens is 1. The second-order valence-corrected chi connectivity index (χ2v) is 4.88. The van der Waals surface area contributed by atoms with Gasteiger partial charge in [-0.1, -0.05) is 6.42 Å². The maximum absolute atomic E-state index is 11.6. The van der Waals surface area contributed by atoms with Crippen LogP contribution in [0.5, 0.6) is 0 Å². The summed E-state index contributed by atoms with van der Waals surface area (Å²) < 4.78 is 9.96. The van der Waals surface area contributed by atoms with Gasteiger partial charge in [0.1, 0.15) is 6.04 Å². The Morgan fingerprint density at radius 1 is 1.39 bits per heavy atom. The average molecular weight is 281 g/mol. The Balaban J connectivity index is 0.00000289. The summed E-state index contributed by atoms with van der Waals surface area (Å²) >= 11 is 0. The van der Waals surface area contributed by atoms with E-state index in [1.807, 2.05) is 0 Å². The van der Waals surface area contributed by atoms with Gasteiger partial charge in [-0.05, 0) is 24.7 Å². The molecule has 0 aromatic rings. The second-order valence-electron chi connectivity index (χ2n) is 4.88. The highest BCUT2D eigenvalue weighted by molar-refractivity contribution is 5.85. The molecule has 108 valence electrons. The van der Waals surface area contributed by atoms with Crippen LogP contribution >= 0.6 is 12.4 Å². The summed E-state index contributed by atoms with van der Waals surface area (Å²) in [5.74, 6) is -0.129. The van der Waals surface area contributed by atoms with Crippen molar-refractivity contribution in [3.05, 3.63) is 0 Å². The van der Waals surface area contributed by atoms with Gasteiger partial charge in [0, 0.05) is 27.4 Å². The van der Waals surface area contributed by atoms with E-state index in [2.05, 4.69) is 5.32 Å². The summed E-state index contributed by atoms with van der Waals surface area (Å²) in [5, 5.41) is 2.92. The summed E-state index contributed by atoms with van der Waals surface area (Å²) in [6.45, 7) is 1.71. The third-order valence-electron chi connectivity index (χ3n) is 3.57. The van der Waals surface area contributed by atoms with Crippen molar-refractivity contribution >= 4 is 18.3 Å². The van der Waals surface area contributed by atoms with Crippen LogP contribution in [0.25, 0.3) is 0 Å². The van der Waals surface area contributed by atoms with E-state index in [-0.39, 0.29) is 30.3 Å². The molecule has 0 spiro atoms. The molecule has 5 nitrogen and oxygen atoms in total. The molecule has 1 aliphatic carbocycles. The molecule has 0 radical (unpaired) electrons. The number of nitrogens with two attached hydrogens (primary N) is 1. The Kier molecular flexibility index (Phi) is 8.52. The van der Waals surface area contributed by atoms with E-state index >= 15 is 0 Å². The van der Waals surface area contributed by atoms with Gasteiger partial charge in [0.25, 0.3) is 0 Å². The van der Waals surface area contributed by atoms with Crippen LogP contribution in [-0.4, -0.2) is 45.9 Å². The highest BCUT2D eigenvalue weighted by atomic mass is 35.5. The Morgan fingerprint density at radius 3 is 2.50 bits per heavy atom. The normalized spacial score (nSPS) is 18.4. The van der Waals surface area contributed by atoms with Crippen LogP contribution < -0.4 is 11.1 Å². The number of ether oxygens (including phenoxy) is 2. The van der Waals surface area contributed by atoms with Crippen LogP contribution in [0.15, 0.2) is 0 Å². The quantitative estimate of drug-likeness (QED) is 0.687. The van der Waals surface area contributed by atoms with E-state index in [1.165, 1.54) is 6.42 Å². The minimum atomic E-state index is -0.570. The number of amides is 1. The van der Waals surface area contributed by atoms with Gasteiger partial charge in [-0.2, -0.15) is 0 Å². The first kappa shape index (κ1) is 17.6. The predicted molar refractivity (Wildman–Crippen MR) is 72.9 cm³/mol. The highest BCUT2D eigenvalue weighted by Gasteiger charge is 2.36. The number of methoxy groups -OCH3 is 2. The van der Waals surface area contributed by atoms with Gasteiger partial charge in [0.05, 0.1) is 6.61 Å². The van der Waals surface area contributed by atoms with Crippen LogP contribution in [-0.2, 0) is 14.3 Å². The SMILES string of the molecule is COCCC1(CNC(=O)C(N)COC)CCC1.Cl. The van der Waals surface area contributed by atoms with Crippen molar-refractivity contribution < 1.29 is 14.3 Å². The molecule has 0 heterocycles. The van der Waals surface area contributed by atoms with Crippen molar-refractivity contribution in [2.24, 2.45) is 11.1 Å². The lowest BCUT2D eigenvalue weighted by atomic mass is 9.66. The molecular formula is C12H25ClN2O3. The second kappa shape index (κ2) is 8.69. The first-order valence-corrected chi connectivity index (χ1v) is 6.15. The molecule has 1 aliphatic rings. The molecule has 18 heavy (non-hydrogen) atoms. The Bertz CT molecular complexity index is 247. The van der Waals surface area contributed by atoms with Gasteiger partial charge < -0.3 is 20.5 Å². The summed E-state index contributed by atoms with van der Waals surface area (Å²) in [4.78, 5) is 11.6. The topological polar surface area (TPSA) is 73.6 Å². The van der Waals surface area contributed by atoms with Gasteiger partial charge in [0.15, 0.2) is 0 Å². The third kappa shape index (κ3) is 5.10. The predicted octanol–water partition coefficient (Wildman–Crippen LogP) is 0.705. The van der Waals surface area contributed by atoms with E-state index in [0.717, 1.165) is 25.9 Å². The molecule has 0 bridgehead atoms. The number of carbonyl (C=O) groups is 1. The molecule has 1 fully saturated rings. The molecule has 1 unspecified atom stereocenters. The van der Waals surface area contributed by atoms with Crippen molar-refractivity contribution in [3.8, 4) is 0 Å². The molecule has 1 saturated carbocycles. The molecule has 0 aliphatic heterocycles. The largest absolute Gasteiger partial charge is 0.385 e. The lowest BCUT2D eigenvalue weighted by Crippen LogP contribution is -2.49. The summed E-state index contributed by atoms with van der Waals surface area (Å²) in [6, 6.07) is -0.570. The van der Waals surface area contributed by atoms with Crippen molar-refractivity contribution in [1.82, 2.24) is 5.32 Å². The zero-order chi connectivity index (χ0) is 12.7. The van der Waals surface area contributed by atoms with Crippen LogP contribution in [0.2, 0.25) is 0 Å². The number of rotatable bonds is 8. The molecule has 6 heteroatoms. The summed E-state index contributed by atoms with van der Waals surface area (Å²) in [6.07, 6.45) is 4.57. The van der Waals surface area contributed by atoms with E-state index in [9.17, 15) is 4.79 Å². The standard InChI is InChI=1S/C12H24N2O3.ClH/c1-16-7-6-12(4-3-5-12)9-14-11(15)10(13)8-17-2;/h10H,3-9,13H2,1-2H3,(H,14,15);1H. The zero-order valence-corrected chi connectivity index (χ0v) is 12.1. The van der Waals surface area contributed by atoms with Crippen molar-refractivity contribution in [2.45, 2.75) is 31.7 Å². The van der Waals surface area contributed by atoms with Crippen LogP contribution in [0.1, 0.15) is 25.7 Å². The minimum absolute atomic E-state index is 0. The Morgan fingerprint density at radius 2 is 2.06 bits per heavy atom. The zero-order valence-electron chi connectivity index (χ0n) is 11.2. The lowest BCUT2D eigenvalue weighted by molar-refractivity contribution is -0.124. The van der Waals surface area contributed by atoms with E-state index in [0.29, 0.717) is 6.54 Å². The number of hydrogen-bond donors (Lipinski definition) is 2. The lowest BCUT2D eigenvalue weighted by Gasteiger charge is -2.42. The third-order valence-corrected chi connectivity index (χ3v) is 3.57. The maximum atomic E-state index is 11.6. The summed E-state index contributed by atoms with van der Waals surface area (Å²) in [5.41, 5.74) is 5.89. The fourth-order valence-electron chi connectivity index (χ4n) is 2.17. The number of hydrogen-bond acceptors (Lipinski definition) is 4. The molecular weight excluding hydrogens is 256 g/mol. The highest BCUT2D eigenvalue weighted by Crippen LogP contribution is 2.43. The van der Waals surface area contributed by atoms with Crippen molar-refractivity contribution in [1.29, 1.82) is 0 Å². The molecule has 0 aromatic heterocycles. The fraction of sp³-hybridized carbons (Fsp3) is 0.917. The maximum Gasteiger partial charge on any atom is 0.239 e. The average Bonchev–Trinajstić information content (AvgIpc) is 2.27. The number of carbonyl (C=O) groups excluding carboxylic acids is 1. The molecule has 3 N–H and O–H groups in total. The van der Waals surface area contributed by atoms with Gasteiger partial charge in [-0.3, -0.25) is 4.79 Å². The van der Waals surface area contributed by atoms with Crippen molar-refractivity contribution in [3.63, 3.8) is 0 Å². The van der Waals surface area contributed by atoms with Crippen LogP contribution in [0.3, 0.4) is 0 Å². The van der Waals surface area contributed by atoms with Crippen LogP contribution in [0.4, 0.5) is 0 Å². The summed E-state index contributed by atoms with van der Waals surface area (Å²) in [7, 11) is 3.25. The van der Waals surface area contributed by atoms with Crippen molar-refractivity contribution in [2.75, 3.05) is 34.0 Å². The monoisotopic (exact) mass is 280 g/mol. The Hall–Kier alpha value is -0.360. The molecule has 1 rings (SSSR count). The van der Waals surface area contributed by atoms with E-state index in [4.69, 9.17) is 15.2 Å². The minimum Gasteiger partial charge on any atom is -0.385 e. The van der Waals surface area contributed by atoms with Gasteiger partial charge >= 0.3 is 0 Å². The number of nitrogens with one attached hydrogen (secondary N) is 1. The van der Waals surface area contributed by atoms with E-state index < -0.39 is 6.04 Å². The first-order valence-electron chi connectivity index (χ1n) is 6.15. The molecule has 0 aromatic carbocycles. The van der Waals surface area contributed by atoms with Gasteiger partial charge in [0.2, 0.25) is 5.91 Å². The van der Waals surface area contributed by atoms with Crippen LogP contribution in [0, 0.1) is 5.41 Å². The molecule has 1 atom stereocenters. The Labute approximate surface area is 115 Å². The van der Waals surface area contributed by atoms with Gasteiger partial charge in [-0.15, -0.1) is 12.4 Å². The first-order chi connectivity index (χ1) is 8.13. The smallest absolute Gasteiger partial charge is 0.239 e. The fourth-order valence-corrected chi connectivity index (χ4v) is 2.17. The molecule has 1 amide bonds. The van der Waals surface area contributed by atoms with E-state index in [1.54, 1.807) is 14.2 Å².